The van der Waals surface area contributed by atoms with Crippen molar-refractivity contribution in [1.29, 1.82) is 0 Å². The summed E-state index contributed by atoms with van der Waals surface area (Å²) in [4.78, 5) is 12.7. The van der Waals surface area contributed by atoms with E-state index < -0.39 is 0 Å². The van der Waals surface area contributed by atoms with Crippen molar-refractivity contribution in [3.8, 4) is 0 Å². The van der Waals surface area contributed by atoms with Gasteiger partial charge in [-0.05, 0) is 33.2 Å². The second-order valence-corrected chi connectivity index (χ2v) is 8.64. The van der Waals surface area contributed by atoms with E-state index in [1.54, 1.807) is 0 Å². The lowest BCUT2D eigenvalue weighted by Crippen LogP contribution is -2.51. The van der Waals surface area contributed by atoms with Crippen molar-refractivity contribution in [2.75, 3.05) is 6.54 Å². The van der Waals surface area contributed by atoms with Crippen LogP contribution < -0.4 is 11.1 Å². The third kappa shape index (κ3) is 11.0. The molecular formula is C21H42N2O. The van der Waals surface area contributed by atoms with Gasteiger partial charge in [0.1, 0.15) is 0 Å². The maximum Gasteiger partial charge on any atom is 0.155 e. The van der Waals surface area contributed by atoms with E-state index >= 15 is 0 Å². The summed E-state index contributed by atoms with van der Waals surface area (Å²) in [6.07, 6.45) is 12.7. The lowest BCUT2D eigenvalue weighted by Gasteiger charge is -2.32. The summed E-state index contributed by atoms with van der Waals surface area (Å²) in [5.41, 5.74) is 4.98. The number of nitrogens with one attached hydrogen (secondary N) is 1. The quantitative estimate of drug-likeness (QED) is 0.346. The van der Waals surface area contributed by atoms with Crippen LogP contribution in [0.4, 0.5) is 0 Å². The van der Waals surface area contributed by atoms with Gasteiger partial charge in [-0.25, -0.2) is 0 Å². The molecule has 0 radical (unpaired) electrons. The van der Waals surface area contributed by atoms with E-state index in [-0.39, 0.29) is 17.0 Å². The third-order valence-electron chi connectivity index (χ3n) is 4.56. The number of ketones is 1. The molecule has 0 spiro atoms. The summed E-state index contributed by atoms with van der Waals surface area (Å²) < 4.78 is 0. The molecule has 0 saturated heterocycles. The summed E-state index contributed by atoms with van der Waals surface area (Å²) in [6, 6.07) is -0.0810. The van der Waals surface area contributed by atoms with Crippen molar-refractivity contribution in [3.05, 3.63) is 12.7 Å². The molecule has 0 bridgehead atoms. The highest BCUT2D eigenvalue weighted by molar-refractivity contribution is 5.88. The van der Waals surface area contributed by atoms with Crippen LogP contribution in [-0.2, 0) is 4.79 Å². The number of Topliss-reactive ketones (excluding diaryl/α,β-unsaturated/α-hetero) is 1. The Bertz CT molecular complexity index is 355. The first-order chi connectivity index (χ1) is 11.1. The Hall–Kier alpha value is -0.670. The van der Waals surface area contributed by atoms with Crippen LogP contribution in [0.1, 0.15) is 92.4 Å². The van der Waals surface area contributed by atoms with Crippen LogP contribution in [0.2, 0.25) is 0 Å². The summed E-state index contributed by atoms with van der Waals surface area (Å²) >= 11 is 0. The van der Waals surface area contributed by atoms with Crippen molar-refractivity contribution in [2.45, 2.75) is 104 Å². The molecule has 0 fully saturated rings. The molecule has 0 aromatic heterocycles. The smallest absolute Gasteiger partial charge is 0.155 e. The van der Waals surface area contributed by atoms with Crippen molar-refractivity contribution in [3.63, 3.8) is 0 Å². The number of carbonyl (C=O) groups excluding carboxylic acids is 1. The monoisotopic (exact) mass is 338 g/mol. The first-order valence-electron chi connectivity index (χ1n) is 9.79. The van der Waals surface area contributed by atoms with E-state index in [1.165, 1.54) is 38.5 Å². The number of rotatable bonds is 14. The van der Waals surface area contributed by atoms with E-state index in [9.17, 15) is 4.79 Å². The van der Waals surface area contributed by atoms with Gasteiger partial charge in [0.05, 0.1) is 6.04 Å². The summed E-state index contributed by atoms with van der Waals surface area (Å²) in [5.74, 6) is 0.305. The van der Waals surface area contributed by atoms with Crippen LogP contribution in [0, 0.1) is 5.41 Å². The molecule has 0 rings (SSSR count). The molecule has 0 aliphatic carbocycles. The van der Waals surface area contributed by atoms with Crippen molar-refractivity contribution in [1.82, 2.24) is 5.32 Å². The fourth-order valence-corrected chi connectivity index (χ4v) is 2.85. The van der Waals surface area contributed by atoms with Gasteiger partial charge in [-0.3, -0.25) is 10.1 Å². The van der Waals surface area contributed by atoms with Crippen LogP contribution >= 0.6 is 0 Å². The van der Waals surface area contributed by atoms with E-state index in [2.05, 4.69) is 25.7 Å². The minimum absolute atomic E-state index is 0.0810. The molecule has 1 atom stereocenters. The van der Waals surface area contributed by atoms with Gasteiger partial charge in [0.2, 0.25) is 0 Å². The highest BCUT2D eigenvalue weighted by Gasteiger charge is 2.31. The minimum atomic E-state index is -0.308. The number of carbonyl (C=O) groups is 1. The van der Waals surface area contributed by atoms with Gasteiger partial charge in [-0.15, -0.1) is 6.58 Å². The largest absolute Gasteiger partial charge is 0.330 e. The van der Waals surface area contributed by atoms with E-state index in [4.69, 9.17) is 5.73 Å². The van der Waals surface area contributed by atoms with Gasteiger partial charge >= 0.3 is 0 Å². The van der Waals surface area contributed by atoms with Gasteiger partial charge in [0, 0.05) is 11.0 Å². The van der Waals surface area contributed by atoms with Gasteiger partial charge < -0.3 is 5.73 Å². The van der Waals surface area contributed by atoms with E-state index in [0.29, 0.717) is 5.78 Å². The molecule has 0 heterocycles. The fraction of sp³-hybridized carbons (Fsp3) is 0.857. The molecule has 3 heteroatoms. The zero-order valence-electron chi connectivity index (χ0n) is 16.9. The maximum absolute atomic E-state index is 12.7. The molecule has 3 nitrogen and oxygen atoms in total. The van der Waals surface area contributed by atoms with Crippen molar-refractivity contribution >= 4 is 5.78 Å². The summed E-state index contributed by atoms with van der Waals surface area (Å²) in [5, 5.41) is 3.50. The zero-order chi connectivity index (χ0) is 18.6. The molecule has 0 saturated carbocycles. The minimum Gasteiger partial charge on any atom is -0.330 e. The molecule has 0 aromatic rings. The van der Waals surface area contributed by atoms with Crippen LogP contribution in [-0.4, -0.2) is 23.9 Å². The van der Waals surface area contributed by atoms with Gasteiger partial charge in [0.15, 0.2) is 5.78 Å². The summed E-state index contributed by atoms with van der Waals surface area (Å²) in [6.45, 7) is 14.9. The number of hydrogen-bond acceptors (Lipinski definition) is 3. The maximum atomic E-state index is 12.7. The Morgan fingerprint density at radius 2 is 1.42 bits per heavy atom. The van der Waals surface area contributed by atoms with Crippen LogP contribution in [0.3, 0.4) is 0 Å². The first-order valence-corrected chi connectivity index (χ1v) is 9.79. The average Bonchev–Trinajstić information content (AvgIpc) is 2.50. The molecule has 142 valence electrons. The van der Waals surface area contributed by atoms with Crippen LogP contribution in [0.15, 0.2) is 12.7 Å². The van der Waals surface area contributed by atoms with Crippen molar-refractivity contribution < 1.29 is 4.79 Å². The third-order valence-corrected chi connectivity index (χ3v) is 4.56. The molecule has 0 aromatic carbocycles. The number of unbranched alkanes of at least 4 members (excludes halogenated alkanes) is 7. The van der Waals surface area contributed by atoms with Gasteiger partial charge in [-0.2, -0.15) is 0 Å². The molecule has 24 heavy (non-hydrogen) atoms. The average molecular weight is 339 g/mol. The molecule has 0 unspecified atom stereocenters. The second kappa shape index (κ2) is 11.8. The predicted octanol–water partition coefficient (Wildman–Crippen LogP) is 4.99. The molecule has 3 N–H and O–H groups in total. The Morgan fingerprint density at radius 1 is 0.958 bits per heavy atom. The Kier molecular flexibility index (Phi) is 11.5. The van der Waals surface area contributed by atoms with Crippen LogP contribution in [0.5, 0.6) is 0 Å². The SMILES string of the molecule is C=CC(C)(C)N[C@@H](CCCCCCCCCCN)C(=O)C(C)(C)C. The first kappa shape index (κ1) is 23.3. The van der Waals surface area contributed by atoms with Crippen molar-refractivity contribution in [2.24, 2.45) is 11.1 Å². The number of hydrogen-bond donors (Lipinski definition) is 2. The molecule has 0 amide bonds. The lowest BCUT2D eigenvalue weighted by molar-refractivity contribution is -0.129. The highest BCUT2D eigenvalue weighted by atomic mass is 16.1. The number of nitrogens with two attached hydrogens (primary N) is 1. The normalized spacial score (nSPS) is 13.8. The van der Waals surface area contributed by atoms with E-state index in [0.717, 1.165) is 25.8 Å². The predicted molar refractivity (Wildman–Crippen MR) is 106 cm³/mol. The molecule has 0 aliphatic heterocycles. The zero-order valence-corrected chi connectivity index (χ0v) is 16.9. The Balaban J connectivity index is 4.19. The Morgan fingerprint density at radius 3 is 1.83 bits per heavy atom. The standard InChI is InChI=1S/C21H42N2O/c1-7-21(5,6)23-18(19(24)20(2,3)4)16-14-12-10-8-9-11-13-15-17-22/h7,18,23H,1,8-17,22H2,2-6H3/t18-/m0/s1. The lowest BCUT2D eigenvalue weighted by atomic mass is 9.83. The second-order valence-electron chi connectivity index (χ2n) is 8.64. The fourth-order valence-electron chi connectivity index (χ4n) is 2.85. The Labute approximate surface area is 150 Å². The van der Waals surface area contributed by atoms with Gasteiger partial charge in [-0.1, -0.05) is 71.8 Å². The van der Waals surface area contributed by atoms with Crippen LogP contribution in [0.25, 0.3) is 0 Å². The highest BCUT2D eigenvalue weighted by Crippen LogP contribution is 2.22. The summed E-state index contributed by atoms with van der Waals surface area (Å²) in [7, 11) is 0. The van der Waals surface area contributed by atoms with Gasteiger partial charge in [0.25, 0.3) is 0 Å². The topological polar surface area (TPSA) is 55.1 Å². The van der Waals surface area contributed by atoms with E-state index in [1.807, 2.05) is 26.8 Å². The molecular weight excluding hydrogens is 296 g/mol. The molecule has 0 aliphatic rings.